The molecule has 0 saturated heterocycles. The fourth-order valence-electron chi connectivity index (χ4n) is 11.7. The minimum atomic E-state index is -0.309. The summed E-state index contributed by atoms with van der Waals surface area (Å²) >= 11 is 0. The first-order valence-electron chi connectivity index (χ1n) is 21.6. The zero-order chi connectivity index (χ0) is 40.1. The maximum Gasteiger partial charge on any atom is 0.142 e. The van der Waals surface area contributed by atoms with Crippen LogP contribution in [-0.4, -0.2) is 6.04 Å². The highest BCUT2D eigenvalue weighted by atomic mass is 16.3. The minimum Gasteiger partial charge on any atom is -0.455 e. The predicted molar refractivity (Wildman–Crippen MR) is 253 cm³/mol. The number of benzene rings is 8. The summed E-state index contributed by atoms with van der Waals surface area (Å²) < 4.78 is 6.65. The summed E-state index contributed by atoms with van der Waals surface area (Å²) in [4.78, 5) is 2.70. The highest BCUT2D eigenvalue weighted by molar-refractivity contribution is 6.08. The second-order valence-electron chi connectivity index (χ2n) is 17.0. The van der Waals surface area contributed by atoms with E-state index >= 15 is 0 Å². The topological polar surface area (TPSA) is 16.4 Å². The van der Waals surface area contributed by atoms with E-state index in [0.717, 1.165) is 40.3 Å². The third kappa shape index (κ3) is 4.91. The maximum atomic E-state index is 6.65. The lowest BCUT2D eigenvalue weighted by molar-refractivity contribution is 0.477. The van der Waals surface area contributed by atoms with E-state index in [0.29, 0.717) is 0 Å². The van der Waals surface area contributed by atoms with Crippen LogP contribution >= 0.6 is 0 Å². The lowest BCUT2D eigenvalue weighted by Crippen LogP contribution is -2.39. The minimum absolute atomic E-state index is 0.0346. The van der Waals surface area contributed by atoms with E-state index in [1.807, 2.05) is 0 Å². The van der Waals surface area contributed by atoms with Crippen LogP contribution in [0.15, 0.2) is 222 Å². The molecule has 1 aromatic heterocycles. The summed E-state index contributed by atoms with van der Waals surface area (Å²) in [6.07, 6.45) is 13.6. The van der Waals surface area contributed by atoms with Gasteiger partial charge in [-0.05, 0) is 91.9 Å². The highest BCUT2D eigenvalue weighted by Gasteiger charge is 2.57. The average molecular weight is 780 g/mol. The molecule has 0 radical (unpaired) electrons. The highest BCUT2D eigenvalue weighted by Crippen LogP contribution is 2.66. The molecule has 8 aromatic carbocycles. The number of nitrogens with zero attached hydrogens (tertiary/aromatic N) is 1. The van der Waals surface area contributed by atoms with Crippen molar-refractivity contribution in [1.29, 1.82) is 0 Å². The molecule has 0 N–H and O–H groups in total. The molecular formula is C59H41NO. The van der Waals surface area contributed by atoms with Crippen molar-refractivity contribution in [2.45, 2.75) is 24.3 Å². The monoisotopic (exact) mass is 779 g/mol. The van der Waals surface area contributed by atoms with Crippen molar-refractivity contribution in [2.75, 3.05) is 4.90 Å². The van der Waals surface area contributed by atoms with Crippen LogP contribution in [0.4, 0.5) is 5.69 Å². The van der Waals surface area contributed by atoms with Crippen molar-refractivity contribution in [2.24, 2.45) is 5.92 Å². The Bertz CT molecular complexity index is 3350. The molecule has 61 heavy (non-hydrogen) atoms. The van der Waals surface area contributed by atoms with Gasteiger partial charge in [0.2, 0.25) is 0 Å². The van der Waals surface area contributed by atoms with Gasteiger partial charge in [0.15, 0.2) is 0 Å². The van der Waals surface area contributed by atoms with Gasteiger partial charge in [-0.3, -0.25) is 0 Å². The second kappa shape index (κ2) is 13.3. The number of para-hydroxylation sites is 2. The number of rotatable bonds is 5. The Morgan fingerprint density at radius 2 is 1.13 bits per heavy atom. The smallest absolute Gasteiger partial charge is 0.142 e. The van der Waals surface area contributed by atoms with Crippen molar-refractivity contribution < 1.29 is 4.42 Å². The van der Waals surface area contributed by atoms with Gasteiger partial charge in [0.25, 0.3) is 0 Å². The molecule has 288 valence electrons. The molecule has 1 spiro atoms. The molecule has 13 rings (SSSR count). The number of hydrogen-bond donors (Lipinski definition) is 0. The second-order valence-corrected chi connectivity index (χ2v) is 17.0. The quantitative estimate of drug-likeness (QED) is 0.173. The molecule has 2 atom stereocenters. The number of furan rings is 1. The normalized spacial score (nSPS) is 18.1. The molecular weight excluding hydrogens is 739 g/mol. The average Bonchev–Trinajstić information content (AvgIpc) is 3.96. The van der Waals surface area contributed by atoms with Crippen LogP contribution in [0.2, 0.25) is 0 Å². The van der Waals surface area contributed by atoms with E-state index in [1.54, 1.807) is 0 Å². The third-order valence-electron chi connectivity index (χ3n) is 14.1. The fraction of sp³-hybridized carbons (Fsp3) is 0.0847. The fourth-order valence-corrected chi connectivity index (χ4v) is 11.7. The van der Waals surface area contributed by atoms with Crippen molar-refractivity contribution in [1.82, 2.24) is 0 Å². The molecule has 0 fully saturated rings. The van der Waals surface area contributed by atoms with Crippen LogP contribution in [-0.2, 0) is 5.41 Å². The van der Waals surface area contributed by atoms with Gasteiger partial charge in [-0.2, -0.15) is 0 Å². The molecule has 0 amide bonds. The zero-order valence-corrected chi connectivity index (χ0v) is 33.6. The first-order valence-corrected chi connectivity index (χ1v) is 21.6. The van der Waals surface area contributed by atoms with Gasteiger partial charge in [-0.15, -0.1) is 0 Å². The van der Waals surface area contributed by atoms with E-state index < -0.39 is 0 Å². The van der Waals surface area contributed by atoms with E-state index in [-0.39, 0.29) is 17.4 Å². The SMILES string of the molecule is C1=CC(N(C2=CC=C3c4ccccc4C4(c5ccccc5-c5ccccc54)C3C2)c2ccc3ccccc3c2-c2ccccc2)CC(c2cccc3c2oc2ccccc23)=C1. The van der Waals surface area contributed by atoms with Gasteiger partial charge in [0.05, 0.1) is 11.5 Å². The van der Waals surface area contributed by atoms with Crippen LogP contribution in [0.3, 0.4) is 0 Å². The van der Waals surface area contributed by atoms with Crippen LogP contribution < -0.4 is 4.90 Å². The Labute approximate surface area is 355 Å². The van der Waals surface area contributed by atoms with Crippen molar-refractivity contribution in [3.8, 4) is 22.3 Å². The first kappa shape index (κ1) is 34.4. The van der Waals surface area contributed by atoms with Crippen LogP contribution in [0.5, 0.6) is 0 Å². The Morgan fingerprint density at radius 3 is 1.93 bits per heavy atom. The van der Waals surface area contributed by atoms with Gasteiger partial charge in [0, 0.05) is 39.2 Å². The van der Waals surface area contributed by atoms with Gasteiger partial charge < -0.3 is 9.32 Å². The van der Waals surface area contributed by atoms with Gasteiger partial charge in [-0.25, -0.2) is 0 Å². The Morgan fingerprint density at radius 1 is 0.492 bits per heavy atom. The summed E-state index contributed by atoms with van der Waals surface area (Å²) in [7, 11) is 0. The van der Waals surface area contributed by atoms with Gasteiger partial charge in [-0.1, -0.05) is 194 Å². The molecule has 1 heterocycles. The molecule has 0 aliphatic heterocycles. The lowest BCUT2D eigenvalue weighted by Gasteiger charge is -2.42. The van der Waals surface area contributed by atoms with Crippen molar-refractivity contribution in [3.05, 3.63) is 246 Å². The summed E-state index contributed by atoms with van der Waals surface area (Å²) in [5.74, 6) is 0.199. The summed E-state index contributed by atoms with van der Waals surface area (Å²) in [5.41, 5.74) is 18.8. The summed E-state index contributed by atoms with van der Waals surface area (Å²) in [5, 5.41) is 4.82. The van der Waals surface area contributed by atoms with Crippen LogP contribution in [0.25, 0.3) is 66.1 Å². The molecule has 4 aliphatic rings. The third-order valence-corrected chi connectivity index (χ3v) is 14.1. The lowest BCUT2D eigenvalue weighted by atomic mass is 9.65. The predicted octanol–water partition coefficient (Wildman–Crippen LogP) is 14.9. The van der Waals surface area contributed by atoms with Gasteiger partial charge >= 0.3 is 0 Å². The number of hydrogen-bond acceptors (Lipinski definition) is 2. The Balaban J connectivity index is 1.02. The Kier molecular flexibility index (Phi) is 7.51. The summed E-state index contributed by atoms with van der Waals surface area (Å²) in [6.45, 7) is 0. The molecule has 2 unspecified atom stereocenters. The number of allylic oxidation sites excluding steroid dienone is 6. The molecule has 4 aliphatic carbocycles. The molecule has 9 aromatic rings. The molecule has 2 heteroatoms. The van der Waals surface area contributed by atoms with Crippen LogP contribution in [0.1, 0.15) is 40.7 Å². The van der Waals surface area contributed by atoms with Crippen molar-refractivity contribution >= 4 is 49.5 Å². The Hall–Kier alpha value is -7.42. The van der Waals surface area contributed by atoms with E-state index in [2.05, 4.69) is 217 Å². The maximum absolute atomic E-state index is 6.65. The standard InChI is InChI=1S/C59H41NO/c1-2-17-39(18-3-1)57-43-21-5-4-16-38(43)32-35-55(57)60(41-20-14-19-40(36-41)44-26-15-27-50-49-25-9-13-31-56(49)61-58(44)50)42-33-34-48-47-24-8-12-30-53(47)59(54(48)37-42)51-28-10-6-22-45(51)46-23-7-11-29-52(46)59/h1-35,41,54H,36-37H2. The van der Waals surface area contributed by atoms with Gasteiger partial charge in [0.1, 0.15) is 11.2 Å². The molecule has 2 nitrogen and oxygen atoms in total. The number of fused-ring (bicyclic) bond motifs is 14. The molecule has 0 saturated carbocycles. The first-order chi connectivity index (χ1) is 30.3. The largest absolute Gasteiger partial charge is 0.455 e. The molecule has 0 bridgehead atoms. The van der Waals surface area contributed by atoms with Crippen molar-refractivity contribution in [3.63, 3.8) is 0 Å². The van der Waals surface area contributed by atoms with E-state index in [1.165, 1.54) is 77.8 Å². The number of anilines is 1. The van der Waals surface area contributed by atoms with E-state index in [9.17, 15) is 0 Å². The van der Waals surface area contributed by atoms with E-state index in [4.69, 9.17) is 4.42 Å². The zero-order valence-electron chi connectivity index (χ0n) is 33.6. The van der Waals surface area contributed by atoms with Crippen LogP contribution in [0, 0.1) is 5.92 Å². The summed E-state index contributed by atoms with van der Waals surface area (Å²) in [6, 6.07) is 67.3.